The van der Waals surface area contributed by atoms with E-state index >= 15 is 0 Å². The van der Waals surface area contributed by atoms with E-state index in [1.807, 2.05) is 18.2 Å². The van der Waals surface area contributed by atoms with Crippen molar-refractivity contribution in [3.05, 3.63) is 47.5 Å². The van der Waals surface area contributed by atoms with Crippen LogP contribution in [0.2, 0.25) is 0 Å². The first-order chi connectivity index (χ1) is 9.74. The standard InChI is InChI=1S/C13H14N4O2S/c1-3-6-19-11-5-4-10(7-12(11)18-2)8-15-17-9-14-16-13(17)20/h3-5,7-9H,1,6H2,2H3,(H,16,20)/b15-8+. The Hall–Kier alpha value is -2.41. The Morgan fingerprint density at radius 3 is 3.00 bits per heavy atom. The summed E-state index contributed by atoms with van der Waals surface area (Å²) in [6, 6.07) is 5.51. The molecule has 0 aliphatic carbocycles. The third-order valence-corrected chi connectivity index (χ3v) is 2.69. The summed E-state index contributed by atoms with van der Waals surface area (Å²) in [5, 5.41) is 10.6. The first kappa shape index (κ1) is 14.0. The monoisotopic (exact) mass is 290 g/mol. The number of nitrogens with one attached hydrogen (secondary N) is 1. The maximum Gasteiger partial charge on any atom is 0.216 e. The normalized spacial score (nSPS) is 10.7. The fourth-order valence-corrected chi connectivity index (χ4v) is 1.63. The number of aromatic nitrogens is 3. The van der Waals surface area contributed by atoms with Crippen LogP contribution in [0, 0.1) is 4.77 Å². The fraction of sp³-hybridized carbons (Fsp3) is 0.154. The summed E-state index contributed by atoms with van der Waals surface area (Å²) in [5.41, 5.74) is 0.857. The lowest BCUT2D eigenvalue weighted by atomic mass is 10.2. The van der Waals surface area contributed by atoms with E-state index in [9.17, 15) is 0 Å². The van der Waals surface area contributed by atoms with Crippen LogP contribution in [0.1, 0.15) is 5.56 Å². The van der Waals surface area contributed by atoms with Crippen molar-refractivity contribution in [1.29, 1.82) is 0 Å². The van der Waals surface area contributed by atoms with E-state index in [0.717, 1.165) is 5.56 Å². The van der Waals surface area contributed by atoms with Crippen molar-refractivity contribution in [1.82, 2.24) is 14.9 Å². The van der Waals surface area contributed by atoms with Gasteiger partial charge in [-0.05, 0) is 36.0 Å². The van der Waals surface area contributed by atoms with E-state index in [-0.39, 0.29) is 0 Å². The molecule has 1 aromatic heterocycles. The smallest absolute Gasteiger partial charge is 0.216 e. The van der Waals surface area contributed by atoms with Crippen LogP contribution in [0.4, 0.5) is 0 Å². The van der Waals surface area contributed by atoms with Crippen molar-refractivity contribution in [2.45, 2.75) is 0 Å². The zero-order valence-electron chi connectivity index (χ0n) is 10.9. The predicted molar refractivity (Wildman–Crippen MR) is 79.1 cm³/mol. The lowest BCUT2D eigenvalue weighted by molar-refractivity contribution is 0.326. The van der Waals surface area contributed by atoms with E-state index in [4.69, 9.17) is 21.7 Å². The fourth-order valence-electron chi connectivity index (χ4n) is 1.49. The Morgan fingerprint density at radius 2 is 2.35 bits per heavy atom. The minimum atomic E-state index is 0.425. The largest absolute Gasteiger partial charge is 0.493 e. The van der Waals surface area contributed by atoms with Gasteiger partial charge in [-0.3, -0.25) is 5.10 Å². The molecule has 0 atom stereocenters. The van der Waals surface area contributed by atoms with Gasteiger partial charge in [-0.2, -0.15) is 14.9 Å². The molecule has 1 N–H and O–H groups in total. The van der Waals surface area contributed by atoms with Gasteiger partial charge < -0.3 is 9.47 Å². The van der Waals surface area contributed by atoms with Gasteiger partial charge in [0.1, 0.15) is 12.9 Å². The van der Waals surface area contributed by atoms with Crippen molar-refractivity contribution >= 4 is 18.4 Å². The van der Waals surface area contributed by atoms with Crippen LogP contribution in [-0.2, 0) is 0 Å². The van der Waals surface area contributed by atoms with Crippen LogP contribution in [-0.4, -0.2) is 34.8 Å². The summed E-state index contributed by atoms with van der Waals surface area (Å²) in [7, 11) is 1.59. The lowest BCUT2D eigenvalue weighted by Gasteiger charge is -2.09. The van der Waals surface area contributed by atoms with Gasteiger partial charge in [0.2, 0.25) is 4.77 Å². The molecule has 0 saturated carbocycles. The van der Waals surface area contributed by atoms with Crippen molar-refractivity contribution in [3.63, 3.8) is 0 Å². The van der Waals surface area contributed by atoms with Gasteiger partial charge >= 0.3 is 0 Å². The molecule has 0 spiro atoms. The van der Waals surface area contributed by atoms with Crippen LogP contribution in [0.5, 0.6) is 11.5 Å². The second-order valence-electron chi connectivity index (χ2n) is 3.76. The molecule has 0 bridgehead atoms. The number of methoxy groups -OCH3 is 1. The lowest BCUT2D eigenvalue weighted by Crippen LogP contribution is -1.97. The summed E-state index contributed by atoms with van der Waals surface area (Å²) in [6.45, 7) is 4.03. The first-order valence-corrected chi connectivity index (χ1v) is 6.23. The molecule has 104 valence electrons. The molecule has 1 aromatic carbocycles. The van der Waals surface area contributed by atoms with E-state index in [2.05, 4.69) is 21.9 Å². The van der Waals surface area contributed by atoms with Crippen LogP contribution in [0.25, 0.3) is 0 Å². The van der Waals surface area contributed by atoms with Crippen LogP contribution >= 0.6 is 12.2 Å². The van der Waals surface area contributed by atoms with Gasteiger partial charge in [0.15, 0.2) is 11.5 Å². The average Bonchev–Trinajstić information content (AvgIpc) is 2.88. The highest BCUT2D eigenvalue weighted by atomic mass is 32.1. The van der Waals surface area contributed by atoms with Gasteiger partial charge in [-0.15, -0.1) is 0 Å². The van der Waals surface area contributed by atoms with E-state index in [1.54, 1.807) is 19.4 Å². The Balaban J connectivity index is 2.21. The molecule has 0 unspecified atom stereocenters. The first-order valence-electron chi connectivity index (χ1n) is 5.82. The van der Waals surface area contributed by atoms with Gasteiger partial charge in [-0.25, -0.2) is 0 Å². The summed E-state index contributed by atoms with van der Waals surface area (Å²) < 4.78 is 12.6. The Kier molecular flexibility index (Phi) is 4.67. The molecule has 0 radical (unpaired) electrons. The summed E-state index contributed by atoms with van der Waals surface area (Å²) in [6.07, 6.45) is 4.83. The molecule has 0 fully saturated rings. The maximum atomic E-state index is 5.48. The molecule has 0 aliphatic rings. The molecule has 0 aliphatic heterocycles. The molecule has 2 rings (SSSR count). The van der Waals surface area contributed by atoms with E-state index in [0.29, 0.717) is 22.9 Å². The molecular weight excluding hydrogens is 276 g/mol. The van der Waals surface area contributed by atoms with Gasteiger partial charge in [0.05, 0.1) is 13.3 Å². The van der Waals surface area contributed by atoms with Crippen LogP contribution < -0.4 is 9.47 Å². The topological polar surface area (TPSA) is 64.4 Å². The number of aromatic amines is 1. The highest BCUT2D eigenvalue weighted by Gasteiger charge is 2.04. The van der Waals surface area contributed by atoms with Crippen molar-refractivity contribution in [2.75, 3.05) is 13.7 Å². The quantitative estimate of drug-likeness (QED) is 0.504. The average molecular weight is 290 g/mol. The molecule has 1 heterocycles. The van der Waals surface area contributed by atoms with Gasteiger partial charge in [-0.1, -0.05) is 12.7 Å². The summed E-state index contributed by atoms with van der Waals surface area (Å²) in [5.74, 6) is 1.29. The minimum absolute atomic E-state index is 0.425. The number of hydrogen-bond donors (Lipinski definition) is 1. The molecular formula is C13H14N4O2S. The van der Waals surface area contributed by atoms with E-state index in [1.165, 1.54) is 11.0 Å². The Bertz CT molecular complexity index is 675. The molecule has 20 heavy (non-hydrogen) atoms. The SMILES string of the molecule is C=CCOc1ccc(/C=N/n2cn[nH]c2=S)cc1OC. The Labute approximate surface area is 121 Å². The van der Waals surface area contributed by atoms with Crippen molar-refractivity contribution < 1.29 is 9.47 Å². The number of ether oxygens (including phenoxy) is 2. The molecule has 7 heteroatoms. The number of rotatable bonds is 6. The maximum absolute atomic E-state index is 5.48. The zero-order valence-corrected chi connectivity index (χ0v) is 11.8. The molecule has 0 saturated heterocycles. The summed E-state index contributed by atoms with van der Waals surface area (Å²) in [4.78, 5) is 0. The molecule has 0 amide bonds. The second-order valence-corrected chi connectivity index (χ2v) is 4.15. The Morgan fingerprint density at radius 1 is 1.50 bits per heavy atom. The highest BCUT2D eigenvalue weighted by molar-refractivity contribution is 7.71. The number of H-pyrrole nitrogens is 1. The predicted octanol–water partition coefficient (Wildman–Crippen LogP) is 2.40. The number of nitrogens with zero attached hydrogens (tertiary/aromatic N) is 3. The third-order valence-electron chi connectivity index (χ3n) is 2.41. The van der Waals surface area contributed by atoms with Gasteiger partial charge in [0, 0.05) is 0 Å². The summed E-state index contributed by atoms with van der Waals surface area (Å²) >= 11 is 5.00. The number of benzene rings is 1. The minimum Gasteiger partial charge on any atom is -0.493 e. The number of hydrogen-bond acceptors (Lipinski definition) is 5. The van der Waals surface area contributed by atoms with Crippen LogP contribution in [0.3, 0.4) is 0 Å². The molecule has 2 aromatic rings. The van der Waals surface area contributed by atoms with Crippen LogP contribution in [0.15, 0.2) is 42.3 Å². The highest BCUT2D eigenvalue weighted by Crippen LogP contribution is 2.27. The molecule has 6 nitrogen and oxygen atoms in total. The van der Waals surface area contributed by atoms with Gasteiger partial charge in [0.25, 0.3) is 0 Å². The zero-order chi connectivity index (χ0) is 14.4. The third kappa shape index (κ3) is 3.33. The second kappa shape index (κ2) is 6.67. The van der Waals surface area contributed by atoms with Crippen molar-refractivity contribution in [3.8, 4) is 11.5 Å². The van der Waals surface area contributed by atoms with E-state index < -0.39 is 0 Å². The van der Waals surface area contributed by atoms with Crippen molar-refractivity contribution in [2.24, 2.45) is 5.10 Å².